The van der Waals surface area contributed by atoms with E-state index in [0.717, 1.165) is 73.3 Å². The summed E-state index contributed by atoms with van der Waals surface area (Å²) in [4.78, 5) is 22.9. The number of methoxy groups -OCH3 is 1. The number of benzene rings is 2. The second kappa shape index (κ2) is 21.5. The number of carbonyl (C=O) groups excluding carboxylic acids is 1. The van der Waals surface area contributed by atoms with Crippen LogP contribution < -0.4 is 9.47 Å². The molecular weight excluding hydrogens is 745 g/mol. The van der Waals surface area contributed by atoms with Gasteiger partial charge in [-0.2, -0.15) is 0 Å². The molecule has 2 heterocycles. The Morgan fingerprint density at radius 3 is 2.61 bits per heavy atom. The van der Waals surface area contributed by atoms with Crippen LogP contribution in [0.15, 0.2) is 82.9 Å². The van der Waals surface area contributed by atoms with Gasteiger partial charge in [-0.25, -0.2) is 4.79 Å². The SMILES string of the molecule is C=CCO[C@@]12Oc3ccc(OCCSc4ccccc4)cc3[C@H]3[C@H](CCCCO)[C@@H](CCCCO)C=C(C(=NOC4CCCCO4)C[C@@H]1N(CCC)C(=O)OC)[C@H]32. The van der Waals surface area contributed by atoms with Gasteiger partial charge in [0.05, 0.1) is 38.6 Å². The molecule has 11 nitrogen and oxygen atoms in total. The molecule has 312 valence electrons. The van der Waals surface area contributed by atoms with E-state index >= 15 is 0 Å². The van der Waals surface area contributed by atoms with Crippen LogP contribution in [0, 0.1) is 17.8 Å². The predicted octanol–water partition coefficient (Wildman–Crippen LogP) is 8.50. The van der Waals surface area contributed by atoms with E-state index in [9.17, 15) is 15.0 Å². The van der Waals surface area contributed by atoms with Crippen molar-refractivity contribution in [2.45, 2.75) is 106 Å². The van der Waals surface area contributed by atoms with Gasteiger partial charge in [-0.15, -0.1) is 18.3 Å². The van der Waals surface area contributed by atoms with Crippen molar-refractivity contribution < 1.29 is 43.5 Å². The van der Waals surface area contributed by atoms with Crippen molar-refractivity contribution in [1.82, 2.24) is 4.90 Å². The zero-order chi connectivity index (χ0) is 40.0. The van der Waals surface area contributed by atoms with Gasteiger partial charge in [0, 0.05) is 54.7 Å². The monoisotopic (exact) mass is 806 g/mol. The Kier molecular flexibility index (Phi) is 16.2. The van der Waals surface area contributed by atoms with E-state index in [0.29, 0.717) is 51.2 Å². The van der Waals surface area contributed by atoms with Crippen LogP contribution in [0.25, 0.3) is 0 Å². The molecule has 4 aliphatic rings. The topological polar surface area (TPSA) is 129 Å². The molecule has 1 saturated carbocycles. The van der Waals surface area contributed by atoms with Crippen LogP contribution in [-0.4, -0.2) is 97.5 Å². The van der Waals surface area contributed by atoms with Gasteiger partial charge < -0.3 is 38.7 Å². The fraction of sp³-hybridized carbons (Fsp3) is 0.600. The van der Waals surface area contributed by atoms with Gasteiger partial charge in [0.1, 0.15) is 17.5 Å². The minimum atomic E-state index is -1.33. The van der Waals surface area contributed by atoms with Crippen LogP contribution in [0.3, 0.4) is 0 Å². The van der Waals surface area contributed by atoms with Crippen molar-refractivity contribution in [3.05, 3.63) is 78.4 Å². The Morgan fingerprint density at radius 2 is 1.89 bits per heavy atom. The molecule has 1 unspecified atom stereocenters. The van der Waals surface area contributed by atoms with Gasteiger partial charge in [0.2, 0.25) is 12.1 Å². The zero-order valence-electron chi connectivity index (χ0n) is 33.7. The first-order chi connectivity index (χ1) is 28.0. The lowest BCUT2D eigenvalue weighted by Gasteiger charge is -2.59. The van der Waals surface area contributed by atoms with E-state index < -0.39 is 30.1 Å². The molecule has 2 aromatic rings. The van der Waals surface area contributed by atoms with Crippen LogP contribution in [-0.2, 0) is 19.0 Å². The summed E-state index contributed by atoms with van der Waals surface area (Å²) in [5.74, 6) is 0.600. The number of rotatable bonds is 21. The lowest BCUT2D eigenvalue weighted by atomic mass is 9.55. The van der Waals surface area contributed by atoms with Gasteiger partial charge in [0.15, 0.2) is 0 Å². The molecule has 2 N–H and O–H groups in total. The number of allylic oxidation sites excluding steroid dienone is 1. The molecule has 1 amide bonds. The van der Waals surface area contributed by atoms with E-state index in [-0.39, 0.29) is 37.6 Å². The molecule has 2 aliphatic carbocycles. The Bertz CT molecular complexity index is 1650. The normalized spacial score (nSPS) is 27.0. The number of nitrogens with zero attached hydrogens (tertiary/aromatic N) is 2. The number of amides is 1. The summed E-state index contributed by atoms with van der Waals surface area (Å²) in [7, 11) is 1.41. The molecule has 12 heteroatoms. The number of oxime groups is 1. The van der Waals surface area contributed by atoms with Crippen molar-refractivity contribution in [2.75, 3.05) is 52.4 Å². The third-order valence-corrected chi connectivity index (χ3v) is 12.7. The number of thioether (sulfide) groups is 1. The predicted molar refractivity (Wildman–Crippen MR) is 222 cm³/mol. The van der Waals surface area contributed by atoms with E-state index in [4.69, 9.17) is 33.7 Å². The Labute approximate surface area is 342 Å². The molecule has 2 aliphatic heterocycles. The zero-order valence-corrected chi connectivity index (χ0v) is 34.5. The smallest absolute Gasteiger partial charge is 0.409 e. The van der Waals surface area contributed by atoms with Gasteiger partial charge in [0.25, 0.3) is 0 Å². The standard InChI is InChI=1S/C45H62N2O9S/c1-4-22-47(44(50)51-3)40-31-38(46-56-41-19-11-14-26-53-41)36-29-32(15-9-12-23-48)35(18-10-13-24-49)42-37-30-33(52-27-28-57-34-16-7-6-8-17-34)20-21-39(37)55-45(40,43(36)42)54-25-5-2/h5-8,16-17,20-21,29-30,32,35,40-43,48-49H,2,4,9-15,18-19,22-28,31H2,1,3H3/t32-,35+,40-,41?,42+,43+,45+/m0/s1. The molecular formula is C45H62N2O9S. The molecule has 0 radical (unpaired) electrons. The summed E-state index contributed by atoms with van der Waals surface area (Å²) < 4.78 is 32.1. The average Bonchev–Trinajstić information content (AvgIpc) is 3.24. The Morgan fingerprint density at radius 1 is 1.09 bits per heavy atom. The summed E-state index contributed by atoms with van der Waals surface area (Å²) in [5, 5.41) is 24.7. The third kappa shape index (κ3) is 10.2. The minimum Gasteiger partial charge on any atom is -0.493 e. The molecule has 1 saturated heterocycles. The molecule has 0 spiro atoms. The van der Waals surface area contributed by atoms with Crippen LogP contribution >= 0.6 is 11.8 Å². The fourth-order valence-electron chi connectivity index (χ4n) is 9.22. The van der Waals surface area contributed by atoms with Crippen molar-refractivity contribution >= 4 is 23.6 Å². The van der Waals surface area contributed by atoms with Crippen molar-refractivity contribution in [3.63, 3.8) is 0 Å². The number of carbonyl (C=O) groups is 1. The number of aliphatic hydroxyl groups excluding tert-OH is 2. The molecule has 2 fully saturated rings. The van der Waals surface area contributed by atoms with Crippen LogP contribution in [0.4, 0.5) is 4.79 Å². The molecule has 0 aromatic heterocycles. The summed E-state index contributed by atoms with van der Waals surface area (Å²) in [6.45, 7) is 8.06. The molecule has 7 atom stereocenters. The highest BCUT2D eigenvalue weighted by Crippen LogP contribution is 2.62. The number of fused-ring (bicyclic) bond motifs is 2. The van der Waals surface area contributed by atoms with Crippen LogP contribution in [0.5, 0.6) is 11.5 Å². The summed E-state index contributed by atoms with van der Waals surface area (Å²) in [6, 6.07) is 15.8. The Balaban J connectivity index is 1.49. The van der Waals surface area contributed by atoms with Crippen LogP contribution in [0.2, 0.25) is 0 Å². The van der Waals surface area contributed by atoms with Crippen LogP contribution in [0.1, 0.15) is 89.0 Å². The van der Waals surface area contributed by atoms with Crippen molar-refractivity contribution in [3.8, 4) is 11.5 Å². The highest BCUT2D eigenvalue weighted by Gasteiger charge is 2.65. The summed E-state index contributed by atoms with van der Waals surface area (Å²) >= 11 is 1.76. The fourth-order valence-corrected chi connectivity index (χ4v) is 9.98. The second-order valence-electron chi connectivity index (χ2n) is 15.3. The number of unbranched alkanes of at least 4 members (excludes halogenated alkanes) is 2. The first-order valence-electron chi connectivity index (χ1n) is 21.0. The number of ether oxygens (including phenoxy) is 5. The third-order valence-electron chi connectivity index (χ3n) is 11.7. The highest BCUT2D eigenvalue weighted by molar-refractivity contribution is 7.99. The number of hydrogen-bond donors (Lipinski definition) is 2. The number of aliphatic hydroxyl groups is 2. The maximum Gasteiger partial charge on any atom is 0.409 e. The molecule has 6 rings (SSSR count). The second-order valence-corrected chi connectivity index (χ2v) is 16.5. The van der Waals surface area contributed by atoms with Crippen molar-refractivity contribution in [2.24, 2.45) is 22.9 Å². The molecule has 0 bridgehead atoms. The lowest BCUT2D eigenvalue weighted by Crippen LogP contribution is -2.70. The Hall–Kier alpha value is -3.55. The van der Waals surface area contributed by atoms with E-state index in [1.54, 1.807) is 22.7 Å². The largest absolute Gasteiger partial charge is 0.493 e. The average molecular weight is 807 g/mol. The van der Waals surface area contributed by atoms with E-state index in [2.05, 4.69) is 30.9 Å². The quantitative estimate of drug-likeness (QED) is 0.0549. The summed E-state index contributed by atoms with van der Waals surface area (Å²) in [5.41, 5.74) is 2.75. The lowest BCUT2D eigenvalue weighted by molar-refractivity contribution is -0.255. The molecule has 2 aromatic carbocycles. The van der Waals surface area contributed by atoms with Crippen molar-refractivity contribution in [1.29, 1.82) is 0 Å². The maximum absolute atomic E-state index is 13.8. The summed E-state index contributed by atoms with van der Waals surface area (Å²) in [6.07, 6.45) is 11.7. The maximum atomic E-state index is 13.8. The molecule has 57 heavy (non-hydrogen) atoms. The first kappa shape index (κ1) is 43.0. The van der Waals surface area contributed by atoms with Gasteiger partial charge in [-0.3, -0.25) is 4.90 Å². The van der Waals surface area contributed by atoms with Gasteiger partial charge in [-0.05, 0) is 92.7 Å². The van der Waals surface area contributed by atoms with E-state index in [1.807, 2.05) is 37.3 Å². The highest BCUT2D eigenvalue weighted by atomic mass is 32.2. The number of hydrogen-bond acceptors (Lipinski definition) is 11. The first-order valence-corrected chi connectivity index (χ1v) is 22.0. The minimum absolute atomic E-state index is 0.114. The van der Waals surface area contributed by atoms with E-state index in [1.165, 1.54) is 12.0 Å². The van der Waals surface area contributed by atoms with Gasteiger partial charge in [-0.1, -0.05) is 55.3 Å². The van der Waals surface area contributed by atoms with Gasteiger partial charge >= 0.3 is 6.09 Å².